The second-order valence-corrected chi connectivity index (χ2v) is 6.58. The Labute approximate surface area is 169 Å². The highest BCUT2D eigenvalue weighted by atomic mass is 19.1. The van der Waals surface area contributed by atoms with E-state index >= 15 is 0 Å². The van der Waals surface area contributed by atoms with E-state index in [0.29, 0.717) is 5.56 Å². The van der Waals surface area contributed by atoms with Crippen LogP contribution >= 0.6 is 0 Å². The summed E-state index contributed by atoms with van der Waals surface area (Å²) in [6, 6.07) is 9.54. The Kier molecular flexibility index (Phi) is 6.55. The van der Waals surface area contributed by atoms with Crippen LogP contribution in [0.15, 0.2) is 47.4 Å². The number of amides is 1. The number of nitrogens with zero attached hydrogens (tertiary/aromatic N) is 2. The molecule has 3 rings (SSSR count). The van der Waals surface area contributed by atoms with Crippen LogP contribution in [0.2, 0.25) is 0 Å². The number of aromatic nitrogens is 2. The Morgan fingerprint density at radius 3 is 2.60 bits per heavy atom. The molecule has 1 fully saturated rings. The molecule has 5 atom stereocenters. The lowest BCUT2D eigenvalue weighted by Crippen LogP contribution is -2.57. The molecule has 2 heterocycles. The van der Waals surface area contributed by atoms with Crippen molar-refractivity contribution in [2.45, 2.75) is 37.6 Å². The third-order valence-corrected chi connectivity index (χ3v) is 4.48. The van der Waals surface area contributed by atoms with Gasteiger partial charge in [-0.2, -0.15) is 4.98 Å². The third-order valence-electron chi connectivity index (χ3n) is 4.48. The minimum Gasteiger partial charge on any atom is -0.454 e. The molecule has 1 aliphatic heterocycles. The summed E-state index contributed by atoms with van der Waals surface area (Å²) in [6.07, 6.45) is -7.18. The Bertz CT molecular complexity index is 968. The van der Waals surface area contributed by atoms with Gasteiger partial charge in [0.05, 0.1) is 6.61 Å². The average Bonchev–Trinajstić information content (AvgIpc) is 2.72. The predicted molar refractivity (Wildman–Crippen MR) is 100 cm³/mol. The molecular weight excluding hydrogens is 401 g/mol. The molecule has 11 heteroatoms. The van der Waals surface area contributed by atoms with E-state index in [9.17, 15) is 29.0 Å². The number of ether oxygens (including phenoxy) is 2. The van der Waals surface area contributed by atoms with Crippen LogP contribution in [-0.4, -0.2) is 62.7 Å². The third kappa shape index (κ3) is 4.53. The number of carbonyl (C=O) groups is 2. The lowest BCUT2D eigenvalue weighted by molar-refractivity contribution is -0.245. The number of rotatable bonds is 5. The lowest BCUT2D eigenvalue weighted by Gasteiger charge is -2.40. The normalized spacial score (nSPS) is 26.1. The minimum absolute atomic E-state index is 0.0551. The Morgan fingerprint density at radius 1 is 1.30 bits per heavy atom. The molecule has 1 amide bonds. The molecule has 0 bridgehead atoms. The van der Waals surface area contributed by atoms with Crippen molar-refractivity contribution >= 4 is 17.7 Å². The van der Waals surface area contributed by atoms with Crippen LogP contribution < -0.4 is 11.0 Å². The highest BCUT2D eigenvalue weighted by Gasteiger charge is 2.48. The van der Waals surface area contributed by atoms with Gasteiger partial charge in [0, 0.05) is 18.7 Å². The van der Waals surface area contributed by atoms with Crippen molar-refractivity contribution in [3.8, 4) is 0 Å². The summed E-state index contributed by atoms with van der Waals surface area (Å²) in [6.45, 7) is 0.315. The highest BCUT2D eigenvalue weighted by Crippen LogP contribution is 2.31. The lowest BCUT2D eigenvalue weighted by atomic mass is 9.99. The molecule has 10 nitrogen and oxygen atoms in total. The summed E-state index contributed by atoms with van der Waals surface area (Å²) in [5.74, 6) is -1.39. The predicted octanol–water partition coefficient (Wildman–Crippen LogP) is 0.0160. The van der Waals surface area contributed by atoms with Gasteiger partial charge in [-0.05, 0) is 18.2 Å². The number of halogens is 1. The molecule has 1 aliphatic rings. The minimum atomic E-state index is -2.12. The molecule has 1 saturated heterocycles. The first kappa shape index (κ1) is 21.6. The zero-order valence-corrected chi connectivity index (χ0v) is 15.8. The summed E-state index contributed by atoms with van der Waals surface area (Å²) in [7, 11) is 0. The molecule has 0 aliphatic carbocycles. The van der Waals surface area contributed by atoms with E-state index in [1.54, 1.807) is 30.3 Å². The van der Waals surface area contributed by atoms with E-state index in [1.807, 2.05) is 0 Å². The molecular formula is C19H20FN3O7. The van der Waals surface area contributed by atoms with Gasteiger partial charge in [-0.25, -0.2) is 9.18 Å². The van der Waals surface area contributed by atoms with Crippen LogP contribution in [0.5, 0.6) is 0 Å². The quantitative estimate of drug-likeness (QED) is 0.574. The fourth-order valence-electron chi connectivity index (χ4n) is 3.04. The maximum Gasteiger partial charge on any atom is 0.351 e. The van der Waals surface area contributed by atoms with Crippen molar-refractivity contribution < 1.29 is 33.7 Å². The van der Waals surface area contributed by atoms with Gasteiger partial charge in [-0.3, -0.25) is 14.2 Å². The van der Waals surface area contributed by atoms with E-state index in [-0.39, 0.29) is 5.82 Å². The molecule has 1 aromatic heterocycles. The standard InChI is InChI=1S/C19H20FN3O7/c1-10(25)29-16-14(20)15(26)12(9-24)30-18(16)23-8-7-13(22-19(23)28)21-17(27)11-5-3-2-4-6-11/h2-8,12,14-16,18,24,26H,9H2,1H3,(H,21,22,27,28)/t12-,14+,15-,16-,18-/m1/s1. The van der Waals surface area contributed by atoms with Gasteiger partial charge in [-0.1, -0.05) is 18.2 Å². The topological polar surface area (TPSA) is 140 Å². The molecule has 2 aromatic rings. The number of carbonyl (C=O) groups excluding carboxylic acids is 2. The van der Waals surface area contributed by atoms with E-state index in [2.05, 4.69) is 10.3 Å². The second kappa shape index (κ2) is 9.11. The van der Waals surface area contributed by atoms with Crippen LogP contribution in [0, 0.1) is 0 Å². The van der Waals surface area contributed by atoms with Gasteiger partial charge in [0.2, 0.25) is 0 Å². The highest BCUT2D eigenvalue weighted by molar-refractivity contribution is 6.03. The summed E-state index contributed by atoms with van der Waals surface area (Å²) in [5.41, 5.74) is -0.572. The van der Waals surface area contributed by atoms with E-state index in [0.717, 1.165) is 11.5 Å². The number of alkyl halides is 1. The zero-order chi connectivity index (χ0) is 21.8. The van der Waals surface area contributed by atoms with Gasteiger partial charge in [0.1, 0.15) is 18.0 Å². The Balaban J connectivity index is 1.87. The van der Waals surface area contributed by atoms with Crippen molar-refractivity contribution in [1.82, 2.24) is 9.55 Å². The monoisotopic (exact) mass is 421 g/mol. The van der Waals surface area contributed by atoms with Crippen molar-refractivity contribution in [2.75, 3.05) is 11.9 Å². The molecule has 1 aromatic carbocycles. The van der Waals surface area contributed by atoms with Crippen LogP contribution in [-0.2, 0) is 14.3 Å². The number of nitrogens with one attached hydrogen (secondary N) is 1. The number of hydrogen-bond acceptors (Lipinski definition) is 8. The largest absolute Gasteiger partial charge is 0.454 e. The SMILES string of the molecule is CC(=O)O[C@@H]1[C@@H](F)[C@H](O)[C@@H](CO)O[C@H]1n1ccc(NC(=O)c2ccccc2)nc1=O. The van der Waals surface area contributed by atoms with Crippen LogP contribution in [0.1, 0.15) is 23.5 Å². The van der Waals surface area contributed by atoms with Gasteiger partial charge in [0.15, 0.2) is 18.5 Å². The maximum absolute atomic E-state index is 14.6. The first-order valence-corrected chi connectivity index (χ1v) is 9.03. The van der Waals surface area contributed by atoms with Crippen LogP contribution in [0.4, 0.5) is 10.2 Å². The van der Waals surface area contributed by atoms with Crippen molar-refractivity contribution in [3.05, 3.63) is 58.6 Å². The van der Waals surface area contributed by atoms with Crippen molar-refractivity contribution in [3.63, 3.8) is 0 Å². The van der Waals surface area contributed by atoms with E-state index < -0.39 is 54.9 Å². The Hall–Kier alpha value is -3.15. The van der Waals surface area contributed by atoms with E-state index in [1.165, 1.54) is 12.3 Å². The smallest absolute Gasteiger partial charge is 0.351 e. The molecule has 0 unspecified atom stereocenters. The molecule has 0 radical (unpaired) electrons. The molecule has 0 saturated carbocycles. The fraction of sp³-hybridized carbons (Fsp3) is 0.368. The van der Waals surface area contributed by atoms with Gasteiger partial charge < -0.3 is 25.0 Å². The number of aliphatic hydroxyl groups is 2. The van der Waals surface area contributed by atoms with E-state index in [4.69, 9.17) is 9.47 Å². The summed E-state index contributed by atoms with van der Waals surface area (Å²) in [4.78, 5) is 39.8. The summed E-state index contributed by atoms with van der Waals surface area (Å²) in [5, 5.41) is 21.7. The zero-order valence-electron chi connectivity index (χ0n) is 15.8. The van der Waals surface area contributed by atoms with Crippen molar-refractivity contribution in [2.24, 2.45) is 0 Å². The number of esters is 1. The summed E-state index contributed by atoms with van der Waals surface area (Å²) >= 11 is 0. The number of aliphatic hydroxyl groups excluding tert-OH is 2. The first-order chi connectivity index (χ1) is 14.3. The van der Waals surface area contributed by atoms with Crippen molar-refractivity contribution in [1.29, 1.82) is 0 Å². The fourth-order valence-corrected chi connectivity index (χ4v) is 3.04. The molecule has 30 heavy (non-hydrogen) atoms. The molecule has 160 valence electrons. The second-order valence-electron chi connectivity index (χ2n) is 6.58. The summed E-state index contributed by atoms with van der Waals surface area (Å²) < 4.78 is 25.8. The number of hydrogen-bond donors (Lipinski definition) is 3. The number of benzene rings is 1. The first-order valence-electron chi connectivity index (χ1n) is 9.03. The van der Waals surface area contributed by atoms with Crippen LogP contribution in [0.3, 0.4) is 0 Å². The molecule has 3 N–H and O–H groups in total. The number of anilines is 1. The molecule has 0 spiro atoms. The van der Waals surface area contributed by atoms with Crippen LogP contribution in [0.25, 0.3) is 0 Å². The maximum atomic E-state index is 14.6. The average molecular weight is 421 g/mol. The Morgan fingerprint density at radius 2 is 2.00 bits per heavy atom. The van der Waals surface area contributed by atoms with Gasteiger partial charge >= 0.3 is 11.7 Å². The van der Waals surface area contributed by atoms with Gasteiger partial charge in [0.25, 0.3) is 5.91 Å². The van der Waals surface area contributed by atoms with Gasteiger partial charge in [-0.15, -0.1) is 0 Å².